The summed E-state index contributed by atoms with van der Waals surface area (Å²) >= 11 is 0. The van der Waals surface area contributed by atoms with Gasteiger partial charge in [-0.05, 0) is 29.3 Å². The van der Waals surface area contributed by atoms with Crippen LogP contribution in [0.15, 0.2) is 48.5 Å². The van der Waals surface area contributed by atoms with Gasteiger partial charge in [0, 0.05) is 5.69 Å². The maximum atomic E-state index is 12.6. The van der Waals surface area contributed by atoms with Gasteiger partial charge in [-0.15, -0.1) is 0 Å². The Hall–Kier alpha value is -1.97. The Morgan fingerprint density at radius 3 is 2.06 bits per heavy atom. The number of benzene rings is 2. The van der Waals surface area contributed by atoms with Gasteiger partial charge in [0.15, 0.2) is 0 Å². The molecule has 2 aromatic carbocycles. The molecule has 0 aliphatic carbocycles. The lowest BCUT2D eigenvalue weighted by atomic mass is 10.0. The first-order valence-corrected chi connectivity index (χ1v) is 5.00. The van der Waals surface area contributed by atoms with Gasteiger partial charge in [0.2, 0.25) is 0 Å². The number of anilines is 1. The number of halogens is 3. The van der Waals surface area contributed by atoms with Crippen LogP contribution in [0, 0.1) is 0 Å². The number of alkyl halides is 3. The molecule has 1 nitrogen and oxygen atoms in total. The van der Waals surface area contributed by atoms with E-state index in [-0.39, 0.29) is 5.69 Å². The van der Waals surface area contributed by atoms with Crippen LogP contribution < -0.4 is 5.73 Å². The summed E-state index contributed by atoms with van der Waals surface area (Å²) in [5.41, 5.74) is 6.06. The summed E-state index contributed by atoms with van der Waals surface area (Å²) in [6.07, 6.45) is -4.38. The Balaban J connectivity index is 2.54. The molecule has 0 saturated heterocycles. The van der Waals surface area contributed by atoms with Crippen molar-refractivity contribution in [1.29, 1.82) is 0 Å². The van der Waals surface area contributed by atoms with Crippen LogP contribution in [0.2, 0.25) is 0 Å². The number of hydrogen-bond donors (Lipinski definition) is 1. The molecule has 88 valence electrons. The molecule has 0 amide bonds. The first-order chi connectivity index (χ1) is 7.97. The van der Waals surface area contributed by atoms with Crippen molar-refractivity contribution >= 4 is 5.69 Å². The lowest BCUT2D eigenvalue weighted by Gasteiger charge is -2.10. The Morgan fingerprint density at radius 2 is 1.47 bits per heavy atom. The zero-order valence-corrected chi connectivity index (χ0v) is 8.83. The standard InChI is InChI=1S/C13H10F3N/c14-13(15,16)11-6-10(7-12(17)8-11)9-4-2-1-3-5-9/h1-8H,17H2. The Morgan fingerprint density at radius 1 is 0.824 bits per heavy atom. The highest BCUT2D eigenvalue weighted by molar-refractivity contribution is 5.68. The predicted octanol–water partition coefficient (Wildman–Crippen LogP) is 3.95. The third-order valence-electron chi connectivity index (χ3n) is 2.39. The smallest absolute Gasteiger partial charge is 0.399 e. The molecule has 2 rings (SSSR count). The van der Waals surface area contributed by atoms with Gasteiger partial charge < -0.3 is 5.73 Å². The molecule has 2 N–H and O–H groups in total. The number of nitrogen functional groups attached to an aromatic ring is 1. The molecule has 0 aliphatic heterocycles. The van der Waals surface area contributed by atoms with Gasteiger partial charge in [-0.3, -0.25) is 0 Å². The molecule has 2 aromatic rings. The van der Waals surface area contributed by atoms with Crippen LogP contribution in [-0.4, -0.2) is 0 Å². The molecule has 0 spiro atoms. The zero-order valence-electron chi connectivity index (χ0n) is 8.83. The quantitative estimate of drug-likeness (QED) is 0.746. The summed E-state index contributed by atoms with van der Waals surface area (Å²) in [4.78, 5) is 0. The van der Waals surface area contributed by atoms with Crippen molar-refractivity contribution in [2.75, 3.05) is 5.73 Å². The van der Waals surface area contributed by atoms with E-state index in [4.69, 9.17) is 5.73 Å². The molecule has 0 saturated carbocycles. The van der Waals surface area contributed by atoms with Gasteiger partial charge in [-0.25, -0.2) is 0 Å². The Kier molecular flexibility index (Phi) is 2.79. The third-order valence-corrected chi connectivity index (χ3v) is 2.39. The molecule has 0 unspecified atom stereocenters. The van der Waals surface area contributed by atoms with E-state index in [1.54, 1.807) is 30.3 Å². The second kappa shape index (κ2) is 4.13. The molecular formula is C13H10F3N. The minimum absolute atomic E-state index is 0.110. The van der Waals surface area contributed by atoms with Crippen molar-refractivity contribution in [3.05, 3.63) is 54.1 Å². The van der Waals surface area contributed by atoms with Gasteiger partial charge in [0.25, 0.3) is 0 Å². The molecule has 0 bridgehead atoms. The van der Waals surface area contributed by atoms with Crippen LogP contribution in [0.25, 0.3) is 11.1 Å². The van der Waals surface area contributed by atoms with E-state index < -0.39 is 11.7 Å². The molecule has 0 aromatic heterocycles. The van der Waals surface area contributed by atoms with Crippen molar-refractivity contribution < 1.29 is 13.2 Å². The van der Waals surface area contributed by atoms with Crippen LogP contribution in [-0.2, 0) is 6.18 Å². The van der Waals surface area contributed by atoms with E-state index in [0.29, 0.717) is 11.1 Å². The molecule has 0 aliphatic rings. The highest BCUT2D eigenvalue weighted by Crippen LogP contribution is 2.33. The minimum Gasteiger partial charge on any atom is -0.399 e. The summed E-state index contributed by atoms with van der Waals surface area (Å²) in [5, 5.41) is 0. The van der Waals surface area contributed by atoms with Gasteiger partial charge in [0.1, 0.15) is 0 Å². The van der Waals surface area contributed by atoms with Gasteiger partial charge >= 0.3 is 6.18 Å². The second-order valence-corrected chi connectivity index (χ2v) is 3.71. The van der Waals surface area contributed by atoms with E-state index in [1.807, 2.05) is 0 Å². The van der Waals surface area contributed by atoms with E-state index >= 15 is 0 Å². The normalized spacial score (nSPS) is 11.5. The lowest BCUT2D eigenvalue weighted by molar-refractivity contribution is -0.137. The van der Waals surface area contributed by atoms with E-state index in [0.717, 1.165) is 12.1 Å². The van der Waals surface area contributed by atoms with E-state index in [2.05, 4.69) is 0 Å². The van der Waals surface area contributed by atoms with Crippen LogP contribution in [0.3, 0.4) is 0 Å². The molecule has 0 fully saturated rings. The van der Waals surface area contributed by atoms with E-state index in [1.165, 1.54) is 6.07 Å². The second-order valence-electron chi connectivity index (χ2n) is 3.71. The summed E-state index contributed by atoms with van der Waals surface area (Å²) < 4.78 is 37.8. The van der Waals surface area contributed by atoms with Crippen LogP contribution in [0.1, 0.15) is 5.56 Å². The van der Waals surface area contributed by atoms with Crippen molar-refractivity contribution in [1.82, 2.24) is 0 Å². The third kappa shape index (κ3) is 2.58. The first kappa shape index (κ1) is 11.5. The maximum Gasteiger partial charge on any atom is 0.416 e. The fourth-order valence-electron chi connectivity index (χ4n) is 1.61. The number of nitrogens with two attached hydrogens (primary N) is 1. The molecule has 0 radical (unpaired) electrons. The summed E-state index contributed by atoms with van der Waals surface area (Å²) in [5.74, 6) is 0. The summed E-state index contributed by atoms with van der Waals surface area (Å²) in [7, 11) is 0. The molecular weight excluding hydrogens is 227 g/mol. The predicted molar refractivity (Wildman–Crippen MR) is 61.3 cm³/mol. The number of hydrogen-bond acceptors (Lipinski definition) is 1. The van der Waals surface area contributed by atoms with Crippen LogP contribution >= 0.6 is 0 Å². The molecule has 0 heterocycles. The molecule has 0 atom stereocenters. The zero-order chi connectivity index (χ0) is 12.5. The van der Waals surface area contributed by atoms with E-state index in [9.17, 15) is 13.2 Å². The van der Waals surface area contributed by atoms with Crippen molar-refractivity contribution in [2.24, 2.45) is 0 Å². The van der Waals surface area contributed by atoms with Crippen molar-refractivity contribution in [3.8, 4) is 11.1 Å². The maximum absolute atomic E-state index is 12.6. The highest BCUT2D eigenvalue weighted by Gasteiger charge is 2.31. The fourth-order valence-corrected chi connectivity index (χ4v) is 1.61. The monoisotopic (exact) mass is 237 g/mol. The van der Waals surface area contributed by atoms with Gasteiger partial charge in [-0.2, -0.15) is 13.2 Å². The van der Waals surface area contributed by atoms with Gasteiger partial charge in [0.05, 0.1) is 5.56 Å². The first-order valence-electron chi connectivity index (χ1n) is 5.00. The van der Waals surface area contributed by atoms with Crippen LogP contribution in [0.5, 0.6) is 0 Å². The van der Waals surface area contributed by atoms with Gasteiger partial charge in [-0.1, -0.05) is 30.3 Å². The van der Waals surface area contributed by atoms with Crippen molar-refractivity contribution in [3.63, 3.8) is 0 Å². The highest BCUT2D eigenvalue weighted by atomic mass is 19.4. The fraction of sp³-hybridized carbons (Fsp3) is 0.0769. The van der Waals surface area contributed by atoms with Crippen molar-refractivity contribution in [2.45, 2.75) is 6.18 Å². The average Bonchev–Trinajstić information content (AvgIpc) is 2.28. The Labute approximate surface area is 96.7 Å². The molecule has 4 heteroatoms. The average molecular weight is 237 g/mol. The molecule has 17 heavy (non-hydrogen) atoms. The lowest BCUT2D eigenvalue weighted by Crippen LogP contribution is -2.06. The number of rotatable bonds is 1. The SMILES string of the molecule is Nc1cc(-c2ccccc2)cc(C(F)(F)F)c1. The minimum atomic E-state index is -4.38. The Bertz CT molecular complexity index is 518. The largest absolute Gasteiger partial charge is 0.416 e. The topological polar surface area (TPSA) is 26.0 Å². The summed E-state index contributed by atoms with van der Waals surface area (Å²) in [6.45, 7) is 0. The van der Waals surface area contributed by atoms with Crippen LogP contribution in [0.4, 0.5) is 18.9 Å². The summed E-state index contributed by atoms with van der Waals surface area (Å²) in [6, 6.07) is 12.4.